The van der Waals surface area contributed by atoms with Gasteiger partial charge in [-0.25, -0.2) is 4.98 Å². The number of aromatic nitrogens is 2. The van der Waals surface area contributed by atoms with Crippen molar-refractivity contribution < 1.29 is 0 Å². The molecule has 0 fully saturated rings. The number of benzene rings is 2. The summed E-state index contributed by atoms with van der Waals surface area (Å²) in [4.78, 5) is 17.3. The van der Waals surface area contributed by atoms with Gasteiger partial charge in [-0.1, -0.05) is 29.3 Å². The molecule has 0 unspecified atom stereocenters. The first-order chi connectivity index (χ1) is 11.5. The lowest BCUT2D eigenvalue weighted by Crippen LogP contribution is -2.20. The van der Waals surface area contributed by atoms with Crippen molar-refractivity contribution in [3.8, 4) is 0 Å². The third kappa shape index (κ3) is 2.48. The summed E-state index contributed by atoms with van der Waals surface area (Å²) in [5, 5.41) is 1.60. The van der Waals surface area contributed by atoms with Crippen molar-refractivity contribution >= 4 is 51.4 Å². The SMILES string of the molecule is Nc1ccc2c(=O)n3c(nc2c1)/C(=C/c1ccc(Cl)c(Cl)c1)CC3. The second-order valence-electron chi connectivity index (χ2n) is 5.76. The molecule has 0 saturated heterocycles. The molecule has 0 radical (unpaired) electrons. The number of halogens is 2. The van der Waals surface area contributed by atoms with Crippen LogP contribution in [0.2, 0.25) is 10.0 Å². The predicted molar refractivity (Wildman–Crippen MR) is 99.4 cm³/mol. The molecule has 1 aliphatic heterocycles. The van der Waals surface area contributed by atoms with Crippen LogP contribution in [0.4, 0.5) is 5.69 Å². The monoisotopic (exact) mass is 357 g/mol. The zero-order valence-corrected chi connectivity index (χ0v) is 14.1. The molecule has 0 bridgehead atoms. The topological polar surface area (TPSA) is 60.9 Å². The molecule has 2 heterocycles. The molecule has 24 heavy (non-hydrogen) atoms. The van der Waals surface area contributed by atoms with Crippen LogP contribution < -0.4 is 11.3 Å². The Kier molecular flexibility index (Phi) is 3.59. The van der Waals surface area contributed by atoms with Gasteiger partial charge in [0.2, 0.25) is 0 Å². The molecular weight excluding hydrogens is 345 g/mol. The number of rotatable bonds is 1. The maximum Gasteiger partial charge on any atom is 0.261 e. The van der Waals surface area contributed by atoms with E-state index >= 15 is 0 Å². The molecule has 1 aromatic heterocycles. The molecule has 0 saturated carbocycles. The van der Waals surface area contributed by atoms with E-state index < -0.39 is 0 Å². The Balaban J connectivity index is 1.89. The summed E-state index contributed by atoms with van der Waals surface area (Å²) in [6.45, 7) is 0.620. The Labute approximate surface area is 148 Å². The van der Waals surface area contributed by atoms with Crippen molar-refractivity contribution in [2.45, 2.75) is 13.0 Å². The molecule has 3 aromatic rings. The average molecular weight is 358 g/mol. The molecule has 0 atom stereocenters. The van der Waals surface area contributed by atoms with Gasteiger partial charge in [0.05, 0.1) is 20.9 Å². The van der Waals surface area contributed by atoms with Crippen LogP contribution in [0.3, 0.4) is 0 Å². The Morgan fingerprint density at radius 1 is 1.12 bits per heavy atom. The van der Waals surface area contributed by atoms with Crippen molar-refractivity contribution in [1.82, 2.24) is 9.55 Å². The van der Waals surface area contributed by atoms with Gasteiger partial charge in [-0.2, -0.15) is 0 Å². The molecule has 4 rings (SSSR count). The van der Waals surface area contributed by atoms with Gasteiger partial charge >= 0.3 is 0 Å². The number of fused-ring (bicyclic) bond motifs is 2. The third-order valence-electron chi connectivity index (χ3n) is 4.16. The van der Waals surface area contributed by atoms with Gasteiger partial charge in [0.1, 0.15) is 5.82 Å². The van der Waals surface area contributed by atoms with E-state index in [0.717, 1.165) is 17.6 Å². The van der Waals surface area contributed by atoms with Gasteiger partial charge in [0.25, 0.3) is 5.56 Å². The first-order valence-corrected chi connectivity index (χ1v) is 8.24. The summed E-state index contributed by atoms with van der Waals surface area (Å²) < 4.78 is 1.71. The quantitative estimate of drug-likeness (QED) is 0.663. The fraction of sp³-hybridized carbons (Fsp3) is 0.111. The van der Waals surface area contributed by atoms with Crippen LogP contribution in [-0.4, -0.2) is 9.55 Å². The van der Waals surface area contributed by atoms with Gasteiger partial charge in [-0.15, -0.1) is 0 Å². The standard InChI is InChI=1S/C18H13Cl2N3O/c19-14-4-1-10(8-15(14)20)7-11-5-6-23-17(11)22-16-9-12(21)2-3-13(16)18(23)24/h1-4,7-9H,5-6,21H2/b11-7+. The third-order valence-corrected chi connectivity index (χ3v) is 4.89. The molecule has 6 heteroatoms. The number of hydrogen-bond acceptors (Lipinski definition) is 3. The summed E-state index contributed by atoms with van der Waals surface area (Å²) >= 11 is 12.0. The van der Waals surface area contributed by atoms with E-state index in [0.29, 0.717) is 39.0 Å². The first kappa shape index (κ1) is 15.2. The smallest absolute Gasteiger partial charge is 0.261 e. The van der Waals surface area contributed by atoms with Gasteiger partial charge in [0.15, 0.2) is 0 Å². The largest absolute Gasteiger partial charge is 0.399 e. The molecule has 1 aliphatic rings. The Morgan fingerprint density at radius 2 is 1.96 bits per heavy atom. The minimum absolute atomic E-state index is 0.0347. The Hall–Kier alpha value is -2.30. The number of nitrogen functional groups attached to an aromatic ring is 1. The minimum Gasteiger partial charge on any atom is -0.399 e. The molecule has 4 nitrogen and oxygen atoms in total. The maximum absolute atomic E-state index is 12.6. The summed E-state index contributed by atoms with van der Waals surface area (Å²) in [5.41, 5.74) is 8.91. The summed E-state index contributed by atoms with van der Waals surface area (Å²) in [6, 6.07) is 10.6. The van der Waals surface area contributed by atoms with E-state index in [-0.39, 0.29) is 5.56 Å². The molecule has 0 aliphatic carbocycles. The van der Waals surface area contributed by atoms with Crippen LogP contribution in [0.25, 0.3) is 22.6 Å². The zero-order chi connectivity index (χ0) is 16.8. The van der Waals surface area contributed by atoms with Crippen molar-refractivity contribution in [2.24, 2.45) is 0 Å². The van der Waals surface area contributed by atoms with Crippen LogP contribution in [-0.2, 0) is 6.54 Å². The number of nitrogens with zero attached hydrogens (tertiary/aromatic N) is 2. The van der Waals surface area contributed by atoms with Crippen molar-refractivity contribution in [2.75, 3.05) is 5.73 Å². The molecule has 120 valence electrons. The van der Waals surface area contributed by atoms with Gasteiger partial charge in [0, 0.05) is 12.2 Å². The fourth-order valence-corrected chi connectivity index (χ4v) is 3.28. The van der Waals surface area contributed by atoms with E-state index in [1.165, 1.54) is 0 Å². The van der Waals surface area contributed by atoms with E-state index in [1.54, 1.807) is 34.9 Å². The van der Waals surface area contributed by atoms with Crippen molar-refractivity contribution in [1.29, 1.82) is 0 Å². The fourth-order valence-electron chi connectivity index (χ4n) is 2.97. The van der Waals surface area contributed by atoms with E-state index in [2.05, 4.69) is 4.98 Å². The second-order valence-corrected chi connectivity index (χ2v) is 6.58. The predicted octanol–water partition coefficient (Wildman–Crippen LogP) is 4.23. The van der Waals surface area contributed by atoms with E-state index in [1.807, 2.05) is 12.1 Å². The van der Waals surface area contributed by atoms with Gasteiger partial charge in [-0.3, -0.25) is 9.36 Å². The van der Waals surface area contributed by atoms with Gasteiger partial charge < -0.3 is 5.73 Å². The number of allylic oxidation sites excluding steroid dienone is 1. The zero-order valence-electron chi connectivity index (χ0n) is 12.6. The van der Waals surface area contributed by atoms with Crippen LogP contribution in [0.1, 0.15) is 17.8 Å². The minimum atomic E-state index is -0.0347. The summed E-state index contributed by atoms with van der Waals surface area (Å²) in [7, 11) is 0. The molecule has 2 aromatic carbocycles. The summed E-state index contributed by atoms with van der Waals surface area (Å²) in [5.74, 6) is 0.684. The number of hydrogen-bond donors (Lipinski definition) is 1. The lowest BCUT2D eigenvalue weighted by molar-refractivity contribution is 0.725. The summed E-state index contributed by atoms with van der Waals surface area (Å²) in [6.07, 6.45) is 2.74. The average Bonchev–Trinajstić information content (AvgIpc) is 2.94. The normalized spacial score (nSPS) is 15.2. The van der Waals surface area contributed by atoms with Crippen LogP contribution in [0.5, 0.6) is 0 Å². The molecule has 0 amide bonds. The van der Waals surface area contributed by atoms with Crippen LogP contribution >= 0.6 is 23.2 Å². The van der Waals surface area contributed by atoms with E-state index in [9.17, 15) is 4.79 Å². The second kappa shape index (κ2) is 5.65. The maximum atomic E-state index is 12.6. The van der Waals surface area contributed by atoms with Crippen molar-refractivity contribution in [3.63, 3.8) is 0 Å². The lowest BCUT2D eigenvalue weighted by Gasteiger charge is -2.06. The van der Waals surface area contributed by atoms with Crippen LogP contribution in [0, 0.1) is 0 Å². The van der Waals surface area contributed by atoms with Crippen LogP contribution in [0.15, 0.2) is 41.2 Å². The highest BCUT2D eigenvalue weighted by Gasteiger charge is 2.20. The molecule has 0 spiro atoms. The highest BCUT2D eigenvalue weighted by molar-refractivity contribution is 6.42. The van der Waals surface area contributed by atoms with Crippen molar-refractivity contribution in [3.05, 3.63) is 68.2 Å². The van der Waals surface area contributed by atoms with E-state index in [4.69, 9.17) is 28.9 Å². The molecule has 2 N–H and O–H groups in total. The highest BCUT2D eigenvalue weighted by Crippen LogP contribution is 2.30. The Bertz CT molecular complexity index is 1070. The number of anilines is 1. The number of nitrogens with two attached hydrogens (primary N) is 1. The van der Waals surface area contributed by atoms with Gasteiger partial charge in [-0.05, 0) is 54.0 Å². The first-order valence-electron chi connectivity index (χ1n) is 7.49. The molecular formula is C18H13Cl2N3O. The Morgan fingerprint density at radius 3 is 2.75 bits per heavy atom. The lowest BCUT2D eigenvalue weighted by atomic mass is 10.1. The highest BCUT2D eigenvalue weighted by atomic mass is 35.5.